The molecule has 3 saturated heterocycles. The van der Waals surface area contributed by atoms with E-state index in [0.29, 0.717) is 82.8 Å². The van der Waals surface area contributed by atoms with Crippen LogP contribution in [0.5, 0.6) is 0 Å². The Balaban J connectivity index is 0.000000156. The molecular weight excluding hydrogens is 921 g/mol. The van der Waals surface area contributed by atoms with Gasteiger partial charge in [0.2, 0.25) is 0 Å². The predicted octanol–water partition coefficient (Wildman–Crippen LogP) is 13.5. The number of epoxide rings is 2. The van der Waals surface area contributed by atoms with Crippen molar-refractivity contribution in [1.29, 1.82) is 0 Å². The number of ketones is 2. The molecule has 8 nitrogen and oxygen atoms in total. The van der Waals surface area contributed by atoms with Crippen LogP contribution in [0.3, 0.4) is 0 Å². The van der Waals surface area contributed by atoms with Gasteiger partial charge in [-0.1, -0.05) is 93.5 Å². The minimum absolute atomic E-state index is 0.00158. The SMILES string of the molecule is C=C(C)[C@@H]1CC[C@]2(CO)CC[C@]3(C)[C@H](CC[C@@H]4[C@@]5(C)[C@H]6O[C@H]6C(=O)C(C)(C)[C@@H]5CC[C@]43C)[C@@H]12.C=C(C)[C@@H]1CC[C@]2(COC3CCCCO3)CC[C@]3(C)[C@H](CC[C@@H]4[C@@]5(C)[C@H]6O[C@H]6C(=O)C(C)(C)[C@@H]5CC[C@]43C)[C@@H]12.CO. The highest BCUT2D eigenvalue weighted by molar-refractivity contribution is 5.93. The lowest BCUT2D eigenvalue weighted by molar-refractivity contribution is -0.245. The van der Waals surface area contributed by atoms with Crippen LogP contribution in [0.2, 0.25) is 0 Å². The van der Waals surface area contributed by atoms with E-state index in [1.165, 1.54) is 120 Å². The summed E-state index contributed by atoms with van der Waals surface area (Å²) in [6.07, 6.45) is 23.3. The number of hydrogen-bond acceptors (Lipinski definition) is 8. The standard InChI is InChI=1S/C35H54O4.C30H46O3.CH4O/c1-21(2)22-13-16-35(20-38-26-10-8-9-19-37-26)18-17-32(5)23(27(22)35)11-12-25-33(32,6)15-14-24-31(3,4)29(36)28-30(39-28)34(24,25)7;1-17(2)18-10-13-30(16-31)15-14-27(5)19(22(18)30)8-9-21-28(27,6)12-11-20-26(3,4)24(32)23-25(33-23)29(20,21)7;1-2/h22-28,30H,1,8-20H2,2-7H3;18-23,25,31H,1,8-16H2,2-7H3;2H,1H3/t22-,23+,24-,25-,26?,27+,28-,30-,32+,33+,34-,35+;18-,19+,20-,21-,22+,23-,25-,27+,28+,29-,30+;/m00./s1. The van der Waals surface area contributed by atoms with Crippen molar-refractivity contribution < 1.29 is 38.7 Å². The highest BCUT2D eigenvalue weighted by atomic mass is 16.7. The van der Waals surface area contributed by atoms with Crippen LogP contribution in [-0.2, 0) is 28.5 Å². The van der Waals surface area contributed by atoms with E-state index in [4.69, 9.17) is 24.1 Å². The number of fused-ring (bicyclic) bond motifs is 18. The van der Waals surface area contributed by atoms with Crippen LogP contribution in [0.1, 0.15) is 205 Å². The molecule has 13 aliphatic rings. The summed E-state index contributed by atoms with van der Waals surface area (Å²) in [6, 6.07) is 0. The predicted molar refractivity (Wildman–Crippen MR) is 292 cm³/mol. The molecule has 74 heavy (non-hydrogen) atoms. The molecule has 0 aromatic heterocycles. The first-order valence-corrected chi connectivity index (χ1v) is 30.8. The van der Waals surface area contributed by atoms with Gasteiger partial charge in [-0.05, 0) is 228 Å². The van der Waals surface area contributed by atoms with E-state index in [1.807, 2.05) is 0 Å². The third-order valence-electron chi connectivity index (χ3n) is 28.6. The molecule has 416 valence electrons. The Kier molecular flexibility index (Phi) is 13.1. The molecule has 13 rings (SSSR count). The molecule has 10 aliphatic carbocycles. The topological polar surface area (TPSA) is 118 Å². The molecule has 0 amide bonds. The molecule has 3 aliphatic heterocycles. The Bertz CT molecular complexity index is 2260. The quantitative estimate of drug-likeness (QED) is 0.200. The summed E-state index contributed by atoms with van der Waals surface area (Å²) in [5, 5.41) is 17.7. The summed E-state index contributed by atoms with van der Waals surface area (Å²) in [7, 11) is 1.00. The number of hydrogen-bond donors (Lipinski definition) is 2. The maximum Gasteiger partial charge on any atom is 0.170 e. The molecule has 3 heterocycles. The third kappa shape index (κ3) is 6.96. The second-order valence-electron chi connectivity index (χ2n) is 31.2. The second-order valence-corrected chi connectivity index (χ2v) is 31.2. The zero-order valence-electron chi connectivity index (χ0n) is 49.0. The fourth-order valence-corrected chi connectivity index (χ4v) is 24.5. The van der Waals surface area contributed by atoms with Gasteiger partial charge in [0.1, 0.15) is 12.2 Å². The van der Waals surface area contributed by atoms with E-state index in [2.05, 4.69) is 96.2 Å². The van der Waals surface area contributed by atoms with Gasteiger partial charge in [-0.2, -0.15) is 0 Å². The Morgan fingerprint density at radius 1 is 0.541 bits per heavy atom. The third-order valence-corrected chi connectivity index (χ3v) is 28.6. The second kappa shape index (κ2) is 17.8. The molecule has 0 aromatic rings. The van der Waals surface area contributed by atoms with Crippen LogP contribution in [-0.4, -0.2) is 79.4 Å². The minimum Gasteiger partial charge on any atom is -0.400 e. The summed E-state index contributed by atoms with van der Waals surface area (Å²) in [4.78, 5) is 26.5. The lowest BCUT2D eigenvalue weighted by Gasteiger charge is -2.72. The first kappa shape index (κ1) is 54.5. The largest absolute Gasteiger partial charge is 0.400 e. The van der Waals surface area contributed by atoms with Gasteiger partial charge in [0.25, 0.3) is 0 Å². The average Bonchev–Trinajstić information content (AvgIpc) is 4.28. The molecule has 0 spiro atoms. The van der Waals surface area contributed by atoms with E-state index < -0.39 is 0 Å². The van der Waals surface area contributed by atoms with Crippen LogP contribution in [0.25, 0.3) is 0 Å². The summed E-state index contributed by atoms with van der Waals surface area (Å²) < 4.78 is 25.2. The number of carbonyl (C=O) groups is 2. The zero-order chi connectivity index (χ0) is 53.4. The molecule has 23 atom stereocenters. The van der Waals surface area contributed by atoms with Crippen molar-refractivity contribution in [2.45, 2.75) is 236 Å². The fraction of sp³-hybridized carbons (Fsp3) is 0.909. The lowest BCUT2D eigenvalue weighted by atomic mass is 9.32. The van der Waals surface area contributed by atoms with Gasteiger partial charge in [-0.25, -0.2) is 0 Å². The molecular formula is C66H104O8. The van der Waals surface area contributed by atoms with Gasteiger partial charge < -0.3 is 29.2 Å². The summed E-state index contributed by atoms with van der Waals surface area (Å²) in [6.45, 7) is 40.1. The maximum atomic E-state index is 13.3. The number of carbonyl (C=O) groups excluding carboxylic acids is 2. The number of rotatable bonds is 6. The highest BCUT2D eigenvalue weighted by Crippen LogP contribution is 2.81. The van der Waals surface area contributed by atoms with Crippen LogP contribution in [0, 0.1) is 113 Å². The number of ether oxygens (including phenoxy) is 4. The lowest BCUT2D eigenvalue weighted by Crippen LogP contribution is -2.68. The molecule has 8 heteroatoms. The van der Waals surface area contributed by atoms with Crippen molar-refractivity contribution in [2.75, 3.05) is 26.9 Å². The fourth-order valence-electron chi connectivity index (χ4n) is 24.5. The van der Waals surface area contributed by atoms with Gasteiger partial charge in [-0.3, -0.25) is 9.59 Å². The summed E-state index contributed by atoms with van der Waals surface area (Å²) in [5.41, 5.74) is 3.87. The molecule has 1 unspecified atom stereocenters. The van der Waals surface area contributed by atoms with Crippen molar-refractivity contribution in [1.82, 2.24) is 0 Å². The Morgan fingerprint density at radius 3 is 1.42 bits per heavy atom. The van der Waals surface area contributed by atoms with Crippen molar-refractivity contribution in [3.05, 3.63) is 24.3 Å². The highest BCUT2D eigenvalue weighted by Gasteiger charge is 2.79. The molecule has 10 saturated carbocycles. The normalized spacial score (nSPS) is 55.4. The van der Waals surface area contributed by atoms with E-state index >= 15 is 0 Å². The van der Waals surface area contributed by atoms with E-state index in [1.54, 1.807) is 0 Å². The van der Waals surface area contributed by atoms with Crippen LogP contribution in [0.15, 0.2) is 24.3 Å². The van der Waals surface area contributed by atoms with Crippen LogP contribution >= 0.6 is 0 Å². The Labute approximate surface area is 448 Å². The number of allylic oxidation sites excluding steroid dienone is 2. The maximum absolute atomic E-state index is 13.3. The molecule has 0 bridgehead atoms. The first-order chi connectivity index (χ1) is 34.8. The van der Waals surface area contributed by atoms with Gasteiger partial charge in [0.15, 0.2) is 17.9 Å². The van der Waals surface area contributed by atoms with Gasteiger partial charge in [0.05, 0.1) is 18.8 Å². The average molecular weight is 1030 g/mol. The number of Topliss-reactive ketones (excluding diaryl/α,β-unsaturated/α-hetero) is 2. The van der Waals surface area contributed by atoms with Crippen LogP contribution in [0.4, 0.5) is 0 Å². The first-order valence-electron chi connectivity index (χ1n) is 30.8. The molecule has 0 radical (unpaired) electrons. The van der Waals surface area contributed by atoms with Crippen molar-refractivity contribution >= 4 is 11.6 Å². The molecule has 2 N–H and O–H groups in total. The number of aliphatic hydroxyl groups is 2. The molecule has 13 fully saturated rings. The van der Waals surface area contributed by atoms with Gasteiger partial charge in [-0.15, -0.1) is 0 Å². The van der Waals surface area contributed by atoms with Gasteiger partial charge >= 0.3 is 0 Å². The van der Waals surface area contributed by atoms with Gasteiger partial charge in [0, 0.05) is 42.0 Å². The zero-order valence-corrected chi connectivity index (χ0v) is 49.0. The summed E-state index contributed by atoms with van der Waals surface area (Å²) >= 11 is 0. The van der Waals surface area contributed by atoms with Crippen molar-refractivity contribution in [3.63, 3.8) is 0 Å². The van der Waals surface area contributed by atoms with Crippen LogP contribution < -0.4 is 0 Å². The van der Waals surface area contributed by atoms with E-state index in [9.17, 15) is 14.7 Å². The van der Waals surface area contributed by atoms with Crippen molar-refractivity contribution in [3.8, 4) is 0 Å². The minimum atomic E-state index is -0.277. The van der Waals surface area contributed by atoms with E-state index in [-0.39, 0.29) is 79.4 Å². The smallest absolute Gasteiger partial charge is 0.170 e. The monoisotopic (exact) mass is 1020 g/mol. The Morgan fingerprint density at radius 2 is 0.986 bits per heavy atom. The Hall–Kier alpha value is -1.42. The van der Waals surface area contributed by atoms with Crippen molar-refractivity contribution in [2.24, 2.45) is 113 Å². The number of aliphatic hydroxyl groups excluding tert-OH is 2. The molecule has 0 aromatic carbocycles. The summed E-state index contributed by atoms with van der Waals surface area (Å²) in [5.74, 6) is 6.62. The van der Waals surface area contributed by atoms with E-state index in [0.717, 1.165) is 33.2 Å².